The molecule has 3 rings (SSSR count). The van der Waals surface area contributed by atoms with Crippen molar-refractivity contribution in [3.8, 4) is 0 Å². The van der Waals surface area contributed by atoms with Gasteiger partial charge in [-0.05, 0) is 44.0 Å². The third-order valence-electron chi connectivity index (χ3n) is 4.54. The normalized spacial score (nSPS) is 13.2. The third kappa shape index (κ3) is 3.88. The van der Waals surface area contributed by atoms with Crippen LogP contribution in [0.1, 0.15) is 47.0 Å². The van der Waals surface area contributed by atoms with Gasteiger partial charge in [0.15, 0.2) is 0 Å². The molecular weight excluding hydrogens is 392 g/mol. The predicted molar refractivity (Wildman–Crippen MR) is 105 cm³/mol. The van der Waals surface area contributed by atoms with Crippen molar-refractivity contribution in [1.29, 1.82) is 0 Å². The molecule has 4 nitrogen and oxygen atoms in total. The first-order chi connectivity index (χ1) is 12.5. The maximum atomic E-state index is 13.0. The summed E-state index contributed by atoms with van der Waals surface area (Å²) in [6.07, 6.45) is 0. The van der Waals surface area contributed by atoms with Gasteiger partial charge in [0.2, 0.25) is 5.91 Å². The highest BCUT2D eigenvalue weighted by Crippen LogP contribution is 2.27. The summed E-state index contributed by atoms with van der Waals surface area (Å²) in [5.74, 6) is 0.282. The zero-order valence-corrected chi connectivity index (χ0v) is 16.6. The van der Waals surface area contributed by atoms with Crippen molar-refractivity contribution in [1.82, 2.24) is 10.5 Å². The number of halogens is 1. The maximum Gasteiger partial charge on any atom is 0.228 e. The Kier molecular flexibility index (Phi) is 5.57. The molecule has 0 aliphatic rings. The summed E-state index contributed by atoms with van der Waals surface area (Å²) in [5.41, 5.74) is 3.67. The predicted octanol–water partition coefficient (Wildman–Crippen LogP) is 5.06. The summed E-state index contributed by atoms with van der Waals surface area (Å²) in [4.78, 5) is 13.0. The molecule has 0 fully saturated rings. The Hall–Kier alpha value is -2.40. The fourth-order valence-electron chi connectivity index (χ4n) is 3.17. The Balaban J connectivity index is 1.90. The molecule has 0 unspecified atom stereocenters. The van der Waals surface area contributed by atoms with E-state index >= 15 is 0 Å². The number of nitrogens with one attached hydrogen (secondary N) is 1. The summed E-state index contributed by atoms with van der Waals surface area (Å²) in [7, 11) is 0. The summed E-state index contributed by atoms with van der Waals surface area (Å²) in [5, 5.41) is 7.15. The van der Waals surface area contributed by atoms with Gasteiger partial charge < -0.3 is 9.84 Å². The van der Waals surface area contributed by atoms with Crippen LogP contribution in [0.25, 0.3) is 0 Å². The molecule has 1 N–H and O–H groups in total. The molecule has 0 aliphatic carbocycles. The molecule has 0 saturated heterocycles. The minimum Gasteiger partial charge on any atom is -0.361 e. The molecule has 0 saturated carbocycles. The number of nitrogens with zero attached hydrogens (tertiary/aromatic N) is 1. The molecule has 0 aliphatic heterocycles. The van der Waals surface area contributed by atoms with E-state index in [2.05, 4.69) is 26.4 Å². The number of rotatable bonds is 5. The van der Waals surface area contributed by atoms with E-state index in [1.165, 1.54) is 0 Å². The van der Waals surface area contributed by atoms with E-state index < -0.39 is 0 Å². The molecule has 0 spiro atoms. The maximum absolute atomic E-state index is 13.0. The summed E-state index contributed by atoms with van der Waals surface area (Å²) >= 11 is 3.46. The lowest BCUT2D eigenvalue weighted by atomic mass is 9.95. The molecular formula is C21H21BrN2O2. The van der Waals surface area contributed by atoms with Gasteiger partial charge in [0.05, 0.1) is 17.7 Å². The van der Waals surface area contributed by atoms with Gasteiger partial charge in [0.1, 0.15) is 5.76 Å². The minimum absolute atomic E-state index is 0.0591. The lowest BCUT2D eigenvalue weighted by molar-refractivity contribution is -0.122. The zero-order chi connectivity index (χ0) is 18.7. The minimum atomic E-state index is -0.345. The highest BCUT2D eigenvalue weighted by atomic mass is 79.9. The lowest BCUT2D eigenvalue weighted by Crippen LogP contribution is -2.33. The van der Waals surface area contributed by atoms with E-state index in [-0.39, 0.29) is 17.9 Å². The molecule has 5 heteroatoms. The van der Waals surface area contributed by atoms with E-state index in [0.717, 1.165) is 26.9 Å². The average molecular weight is 413 g/mol. The van der Waals surface area contributed by atoms with Gasteiger partial charge in [0, 0.05) is 10.0 Å². The van der Waals surface area contributed by atoms with E-state index in [4.69, 9.17) is 4.52 Å². The Morgan fingerprint density at radius 3 is 2.23 bits per heavy atom. The molecule has 2 atom stereocenters. The molecule has 134 valence electrons. The number of carbonyl (C=O) groups excluding carboxylic acids is 1. The number of carbonyl (C=O) groups is 1. The van der Waals surface area contributed by atoms with Crippen molar-refractivity contribution in [3.63, 3.8) is 0 Å². The van der Waals surface area contributed by atoms with Gasteiger partial charge in [0.25, 0.3) is 0 Å². The first-order valence-electron chi connectivity index (χ1n) is 8.51. The van der Waals surface area contributed by atoms with Crippen LogP contribution in [0, 0.1) is 13.8 Å². The van der Waals surface area contributed by atoms with Crippen molar-refractivity contribution in [3.05, 3.63) is 87.2 Å². The lowest BCUT2D eigenvalue weighted by Gasteiger charge is -2.22. The first kappa shape index (κ1) is 18.4. The SMILES string of the molecule is Cc1noc(C)c1[C@@H](C)C(=O)N[C@H](c1ccccc1)c1ccc(Br)cc1. The van der Waals surface area contributed by atoms with Crippen LogP contribution in [0.3, 0.4) is 0 Å². The summed E-state index contributed by atoms with van der Waals surface area (Å²) in [6.45, 7) is 5.58. The fourth-order valence-corrected chi connectivity index (χ4v) is 3.43. The Labute approximate surface area is 161 Å². The van der Waals surface area contributed by atoms with Crippen LogP contribution in [-0.4, -0.2) is 11.1 Å². The molecule has 0 bridgehead atoms. The Morgan fingerprint density at radius 2 is 1.65 bits per heavy atom. The van der Waals surface area contributed by atoms with Crippen LogP contribution >= 0.6 is 15.9 Å². The Morgan fingerprint density at radius 1 is 1.04 bits per heavy atom. The second kappa shape index (κ2) is 7.87. The highest BCUT2D eigenvalue weighted by Gasteiger charge is 2.26. The van der Waals surface area contributed by atoms with Gasteiger partial charge in [-0.3, -0.25) is 4.79 Å². The van der Waals surface area contributed by atoms with Crippen molar-refractivity contribution >= 4 is 21.8 Å². The first-order valence-corrected chi connectivity index (χ1v) is 9.30. The number of hydrogen-bond donors (Lipinski definition) is 1. The molecule has 2 aromatic carbocycles. The average Bonchev–Trinajstić information content (AvgIpc) is 2.99. The van der Waals surface area contributed by atoms with Crippen molar-refractivity contribution < 1.29 is 9.32 Å². The van der Waals surface area contributed by atoms with Gasteiger partial charge in [-0.25, -0.2) is 0 Å². The highest BCUT2D eigenvalue weighted by molar-refractivity contribution is 9.10. The van der Waals surface area contributed by atoms with Crippen LogP contribution in [-0.2, 0) is 4.79 Å². The smallest absolute Gasteiger partial charge is 0.228 e. The fraction of sp³-hybridized carbons (Fsp3) is 0.238. The number of aromatic nitrogens is 1. The monoisotopic (exact) mass is 412 g/mol. The molecule has 1 heterocycles. The van der Waals surface area contributed by atoms with E-state index in [9.17, 15) is 4.79 Å². The summed E-state index contributed by atoms with van der Waals surface area (Å²) in [6, 6.07) is 17.7. The third-order valence-corrected chi connectivity index (χ3v) is 5.07. The topological polar surface area (TPSA) is 55.1 Å². The molecule has 3 aromatic rings. The van der Waals surface area contributed by atoms with E-state index in [1.807, 2.05) is 75.4 Å². The van der Waals surface area contributed by atoms with Crippen molar-refractivity contribution in [2.45, 2.75) is 32.7 Å². The van der Waals surface area contributed by atoms with Gasteiger partial charge in [-0.15, -0.1) is 0 Å². The standard InChI is InChI=1S/C21H21BrN2O2/c1-13(19-14(2)24-26-15(19)3)21(25)23-20(16-7-5-4-6-8-16)17-9-11-18(22)12-10-17/h4-13,20H,1-3H3,(H,23,25)/t13-,20-/m1/s1. The molecule has 1 amide bonds. The number of aryl methyl sites for hydroxylation is 2. The molecule has 0 radical (unpaired) electrons. The van der Waals surface area contributed by atoms with E-state index in [0.29, 0.717) is 5.76 Å². The van der Waals surface area contributed by atoms with Crippen LogP contribution in [0.5, 0.6) is 0 Å². The zero-order valence-electron chi connectivity index (χ0n) is 15.0. The van der Waals surface area contributed by atoms with Gasteiger partial charge in [-0.2, -0.15) is 0 Å². The van der Waals surface area contributed by atoms with Crippen LogP contribution in [0.4, 0.5) is 0 Å². The molecule has 1 aromatic heterocycles. The number of hydrogen-bond acceptors (Lipinski definition) is 3. The second-order valence-corrected chi connectivity index (χ2v) is 7.28. The van der Waals surface area contributed by atoms with Crippen LogP contribution in [0.15, 0.2) is 63.6 Å². The summed E-state index contributed by atoms with van der Waals surface area (Å²) < 4.78 is 6.22. The van der Waals surface area contributed by atoms with Gasteiger partial charge >= 0.3 is 0 Å². The van der Waals surface area contributed by atoms with Crippen LogP contribution < -0.4 is 5.32 Å². The Bertz CT molecular complexity index is 869. The van der Waals surface area contributed by atoms with E-state index in [1.54, 1.807) is 0 Å². The second-order valence-electron chi connectivity index (χ2n) is 6.36. The quantitative estimate of drug-likeness (QED) is 0.636. The van der Waals surface area contributed by atoms with Gasteiger partial charge in [-0.1, -0.05) is 63.6 Å². The van der Waals surface area contributed by atoms with Crippen molar-refractivity contribution in [2.24, 2.45) is 0 Å². The largest absolute Gasteiger partial charge is 0.361 e. The van der Waals surface area contributed by atoms with Crippen molar-refractivity contribution in [2.75, 3.05) is 0 Å². The molecule has 26 heavy (non-hydrogen) atoms. The number of benzene rings is 2. The van der Waals surface area contributed by atoms with Crippen LogP contribution in [0.2, 0.25) is 0 Å². The number of amides is 1.